The minimum absolute atomic E-state index is 0.907. The first-order valence-corrected chi connectivity index (χ1v) is 8.78. The van der Waals surface area contributed by atoms with Crippen molar-refractivity contribution in [3.63, 3.8) is 0 Å². The molecule has 90 valence electrons. The molecular weight excluding hydrogens is 212 g/mol. The third-order valence-electron chi connectivity index (χ3n) is 3.48. The van der Waals surface area contributed by atoms with Crippen LogP contribution < -0.4 is 0 Å². The summed E-state index contributed by atoms with van der Waals surface area (Å²) in [6.07, 6.45) is -0.907. The van der Waals surface area contributed by atoms with Gasteiger partial charge in [-0.3, -0.25) is 0 Å². The first kappa shape index (κ1) is 11.9. The first-order chi connectivity index (χ1) is 7.99. The van der Waals surface area contributed by atoms with E-state index in [4.69, 9.17) is 5.80 Å². The van der Waals surface area contributed by atoms with E-state index in [0.29, 0.717) is 0 Å². The summed E-state index contributed by atoms with van der Waals surface area (Å²) in [5.74, 6) is 0. The maximum absolute atomic E-state index is 8.45. The molecule has 2 heteroatoms. The molecule has 0 N–H and O–H groups in total. The fraction of sp³-hybridized carbons (Fsp3) is 0.571. The molecule has 0 heterocycles. The summed E-state index contributed by atoms with van der Waals surface area (Å²) >= 11 is 0. The van der Waals surface area contributed by atoms with E-state index < -0.39 is 14.4 Å². The van der Waals surface area contributed by atoms with Crippen molar-refractivity contribution in [2.45, 2.75) is 51.9 Å². The van der Waals surface area contributed by atoms with Crippen molar-refractivity contribution < 1.29 is 5.80 Å². The average molecular weight is 237 g/mol. The van der Waals surface area contributed by atoms with Crippen molar-refractivity contribution in [1.82, 2.24) is 0 Å². The predicted molar refractivity (Wildman–Crippen MR) is 73.1 cm³/mol. The second-order valence-corrected chi connectivity index (χ2v) is 8.96. The Bertz CT molecular complexity index is 325. The fourth-order valence-corrected chi connectivity index (χ4v) is 4.72. The Morgan fingerprint density at radius 1 is 1.12 bits per heavy atom. The van der Waals surface area contributed by atoms with Crippen LogP contribution in [0.5, 0.6) is 0 Å². The monoisotopic (exact) mass is 237 g/mol. The molecule has 0 aromatic heterocycles. The minimum Gasteiger partial charge on any atom is -0.410 e. The quantitative estimate of drug-likeness (QED) is 0.648. The van der Waals surface area contributed by atoms with Crippen molar-refractivity contribution >= 4 is 8.32 Å². The normalized spacial score (nSPS) is 16.6. The zero-order valence-electron chi connectivity index (χ0n) is 11.9. The van der Waals surface area contributed by atoms with Crippen LogP contribution in [0.3, 0.4) is 0 Å². The lowest BCUT2D eigenvalue weighted by Gasteiger charge is -2.31. The first-order valence-electron chi connectivity index (χ1n) is 6.75. The van der Waals surface area contributed by atoms with Crippen LogP contribution in [0.2, 0.25) is 18.1 Å². The lowest BCUT2D eigenvalue weighted by Crippen LogP contribution is -2.36. The van der Waals surface area contributed by atoms with E-state index in [-0.39, 0.29) is 0 Å². The maximum atomic E-state index is 8.45. The lowest BCUT2D eigenvalue weighted by molar-refractivity contribution is 0.210. The highest BCUT2D eigenvalue weighted by atomic mass is 28.4. The van der Waals surface area contributed by atoms with Gasteiger partial charge in [0, 0.05) is 0 Å². The van der Waals surface area contributed by atoms with E-state index in [9.17, 15) is 0 Å². The van der Waals surface area contributed by atoms with Crippen LogP contribution >= 0.6 is 0 Å². The van der Waals surface area contributed by atoms with Gasteiger partial charge in [-0.25, -0.2) is 0 Å². The summed E-state index contributed by atoms with van der Waals surface area (Å²) in [7, 11) is -1.72. The van der Waals surface area contributed by atoms with E-state index in [1.165, 1.54) is 0 Å². The van der Waals surface area contributed by atoms with Crippen LogP contribution in [0, 0.1) is 0 Å². The Hall–Kier alpha value is -0.603. The molecule has 0 aliphatic rings. The minimum atomic E-state index is -1.72. The molecule has 0 radical (unpaired) electrons. The molecule has 0 spiro atoms. The molecule has 1 atom stereocenters. The largest absolute Gasteiger partial charge is 0.410 e. The van der Waals surface area contributed by atoms with Gasteiger partial charge in [0.25, 0.3) is 0 Å². The molecule has 0 bridgehead atoms. The molecule has 1 unspecified atom stereocenters. The van der Waals surface area contributed by atoms with Gasteiger partial charge in [-0.1, -0.05) is 51.1 Å². The topological polar surface area (TPSA) is 9.23 Å². The van der Waals surface area contributed by atoms with E-state index in [1.807, 2.05) is 37.3 Å². The van der Waals surface area contributed by atoms with Gasteiger partial charge in [-0.15, -0.1) is 0 Å². The predicted octanol–water partition coefficient (Wildman–Crippen LogP) is 4.77. The smallest absolute Gasteiger partial charge is 0.192 e. The van der Waals surface area contributed by atoms with Crippen molar-refractivity contribution in [1.29, 1.82) is 0 Å². The van der Waals surface area contributed by atoms with Gasteiger partial charge in [0.05, 0.1) is 7.45 Å². The highest BCUT2D eigenvalue weighted by Crippen LogP contribution is 2.29. The summed E-state index contributed by atoms with van der Waals surface area (Å²) in [5.41, 5.74) is 0.951. The SMILES string of the molecule is [2H]C(C)(O[Si](CC)(CC)CC)c1ccccc1. The van der Waals surface area contributed by atoms with E-state index in [0.717, 1.165) is 23.7 Å². The standard InChI is InChI=1S/C14H24OSi/c1-5-16(6-2,7-3)15-13(4)14-11-9-8-10-12-14/h8-13H,5-7H2,1-4H3/i13D. The summed E-state index contributed by atoms with van der Waals surface area (Å²) in [6, 6.07) is 13.1. The van der Waals surface area contributed by atoms with Crippen LogP contribution in [0.25, 0.3) is 0 Å². The molecule has 0 aliphatic carbocycles. The Morgan fingerprint density at radius 3 is 2.06 bits per heavy atom. The van der Waals surface area contributed by atoms with Gasteiger partial charge in [0.2, 0.25) is 0 Å². The highest BCUT2D eigenvalue weighted by Gasteiger charge is 2.30. The Labute approximate surface area is 102 Å². The molecule has 0 aliphatic heterocycles. The molecule has 1 rings (SSSR count). The molecule has 1 aromatic carbocycles. The van der Waals surface area contributed by atoms with E-state index in [1.54, 1.807) is 0 Å². The van der Waals surface area contributed by atoms with Gasteiger partial charge in [-0.2, -0.15) is 0 Å². The van der Waals surface area contributed by atoms with Gasteiger partial charge in [-0.05, 0) is 30.6 Å². The number of benzene rings is 1. The molecule has 16 heavy (non-hydrogen) atoms. The van der Waals surface area contributed by atoms with Crippen LogP contribution in [0.15, 0.2) is 30.3 Å². The number of rotatable bonds is 6. The van der Waals surface area contributed by atoms with Gasteiger partial charge < -0.3 is 4.43 Å². The molecule has 0 saturated heterocycles. The molecule has 0 fully saturated rings. The average Bonchev–Trinajstić information content (AvgIpc) is 2.37. The van der Waals surface area contributed by atoms with Crippen molar-refractivity contribution in [2.75, 3.05) is 0 Å². The second kappa shape index (κ2) is 6.21. The van der Waals surface area contributed by atoms with Gasteiger partial charge >= 0.3 is 0 Å². The Balaban J connectivity index is 2.92. The van der Waals surface area contributed by atoms with Crippen LogP contribution in [0.4, 0.5) is 0 Å². The third-order valence-corrected chi connectivity index (χ3v) is 8.09. The Kier molecular flexibility index (Phi) is 4.61. The third kappa shape index (κ3) is 3.19. The summed E-state index contributed by atoms with van der Waals surface area (Å²) in [6.45, 7) is 8.45. The van der Waals surface area contributed by atoms with Crippen molar-refractivity contribution in [3.8, 4) is 0 Å². The van der Waals surface area contributed by atoms with Crippen molar-refractivity contribution in [3.05, 3.63) is 35.9 Å². The lowest BCUT2D eigenvalue weighted by atomic mass is 10.1. The fourth-order valence-electron chi connectivity index (χ4n) is 2.02. The summed E-state index contributed by atoms with van der Waals surface area (Å²) < 4.78 is 14.7. The molecule has 1 aromatic rings. The summed E-state index contributed by atoms with van der Waals surface area (Å²) in [5, 5.41) is 0. The van der Waals surface area contributed by atoms with E-state index in [2.05, 4.69) is 20.8 Å². The molecular formula is C14H24OSi. The van der Waals surface area contributed by atoms with E-state index >= 15 is 0 Å². The van der Waals surface area contributed by atoms with Gasteiger partial charge in [0.1, 0.15) is 0 Å². The summed E-state index contributed by atoms with van der Waals surface area (Å²) in [4.78, 5) is 0. The number of hydrogen-bond acceptors (Lipinski definition) is 1. The molecule has 0 saturated carbocycles. The van der Waals surface area contributed by atoms with Crippen LogP contribution in [0.1, 0.15) is 40.7 Å². The highest BCUT2D eigenvalue weighted by molar-refractivity contribution is 6.73. The van der Waals surface area contributed by atoms with Crippen LogP contribution in [-0.2, 0) is 4.43 Å². The molecule has 1 nitrogen and oxygen atoms in total. The van der Waals surface area contributed by atoms with Crippen LogP contribution in [-0.4, -0.2) is 8.32 Å². The zero-order chi connectivity index (χ0) is 12.9. The Morgan fingerprint density at radius 2 is 1.62 bits per heavy atom. The second-order valence-electron chi connectivity index (χ2n) is 4.27. The maximum Gasteiger partial charge on any atom is 0.192 e. The van der Waals surface area contributed by atoms with Crippen molar-refractivity contribution in [2.24, 2.45) is 0 Å². The number of hydrogen-bond donors (Lipinski definition) is 0. The molecule has 0 amide bonds. The van der Waals surface area contributed by atoms with Gasteiger partial charge in [0.15, 0.2) is 8.32 Å². The zero-order valence-corrected chi connectivity index (χ0v) is 11.9.